The van der Waals surface area contributed by atoms with Gasteiger partial charge in [-0.15, -0.1) is 11.3 Å². The smallest absolute Gasteiger partial charge is 0.206 e. The van der Waals surface area contributed by atoms with Gasteiger partial charge in [0, 0.05) is 5.02 Å². The molecule has 19 heavy (non-hydrogen) atoms. The highest BCUT2D eigenvalue weighted by Gasteiger charge is 2.21. The molecule has 0 atom stereocenters. The number of halogens is 1. The van der Waals surface area contributed by atoms with Crippen molar-refractivity contribution >= 4 is 28.7 Å². The van der Waals surface area contributed by atoms with Gasteiger partial charge in [0.25, 0.3) is 0 Å². The first-order valence-corrected chi connectivity index (χ1v) is 7.32. The number of rotatable bonds is 4. The van der Waals surface area contributed by atoms with E-state index in [1.165, 1.54) is 11.3 Å². The summed E-state index contributed by atoms with van der Waals surface area (Å²) in [4.78, 5) is 13.3. The van der Waals surface area contributed by atoms with E-state index in [0.717, 1.165) is 11.1 Å². The van der Waals surface area contributed by atoms with Crippen LogP contribution in [0.15, 0.2) is 23.6 Å². The standard InChI is InChI=1S/C15H15ClO2S/c1-4-18-11-8-9(2)14(16)10(3)13(11)15(17)12-6-5-7-19-12/h5-8H,4H2,1-3H3. The normalized spacial score (nSPS) is 10.5. The van der Waals surface area contributed by atoms with Gasteiger partial charge in [-0.25, -0.2) is 0 Å². The summed E-state index contributed by atoms with van der Waals surface area (Å²) < 4.78 is 5.60. The lowest BCUT2D eigenvalue weighted by Gasteiger charge is -2.14. The molecule has 1 heterocycles. The van der Waals surface area contributed by atoms with Gasteiger partial charge in [0.2, 0.25) is 5.78 Å². The number of hydrogen-bond acceptors (Lipinski definition) is 3. The Labute approximate surface area is 122 Å². The average Bonchev–Trinajstić information content (AvgIpc) is 2.90. The third kappa shape index (κ3) is 2.67. The van der Waals surface area contributed by atoms with Crippen LogP contribution in [0, 0.1) is 13.8 Å². The molecule has 2 rings (SSSR count). The molecule has 0 saturated carbocycles. The summed E-state index contributed by atoms with van der Waals surface area (Å²) in [6.45, 7) is 6.19. The minimum Gasteiger partial charge on any atom is -0.493 e. The van der Waals surface area contributed by atoms with Gasteiger partial charge in [0.05, 0.1) is 17.0 Å². The molecule has 0 aliphatic rings. The van der Waals surface area contributed by atoms with Crippen LogP contribution < -0.4 is 4.74 Å². The van der Waals surface area contributed by atoms with Crippen LogP contribution in [0.5, 0.6) is 5.75 Å². The molecule has 0 fully saturated rings. The molecule has 0 aliphatic heterocycles. The third-order valence-corrected chi connectivity index (χ3v) is 4.37. The van der Waals surface area contributed by atoms with E-state index in [1.54, 1.807) is 0 Å². The van der Waals surface area contributed by atoms with Gasteiger partial charge >= 0.3 is 0 Å². The zero-order chi connectivity index (χ0) is 14.0. The molecule has 0 radical (unpaired) electrons. The van der Waals surface area contributed by atoms with Gasteiger partial charge in [0.15, 0.2) is 0 Å². The average molecular weight is 295 g/mol. The quantitative estimate of drug-likeness (QED) is 0.767. The van der Waals surface area contributed by atoms with Gasteiger partial charge < -0.3 is 4.74 Å². The zero-order valence-electron chi connectivity index (χ0n) is 11.1. The molecular formula is C15H15ClO2S. The third-order valence-electron chi connectivity index (χ3n) is 2.92. The van der Waals surface area contributed by atoms with Crippen molar-refractivity contribution in [3.8, 4) is 5.75 Å². The lowest BCUT2D eigenvalue weighted by molar-refractivity contribution is 0.103. The zero-order valence-corrected chi connectivity index (χ0v) is 12.7. The van der Waals surface area contributed by atoms with Crippen molar-refractivity contribution in [2.45, 2.75) is 20.8 Å². The van der Waals surface area contributed by atoms with Crippen molar-refractivity contribution in [3.63, 3.8) is 0 Å². The highest BCUT2D eigenvalue weighted by Crippen LogP contribution is 2.34. The maximum absolute atomic E-state index is 12.6. The minimum atomic E-state index is -0.0298. The summed E-state index contributed by atoms with van der Waals surface area (Å²) in [5.41, 5.74) is 2.27. The van der Waals surface area contributed by atoms with Crippen LogP contribution in [0.2, 0.25) is 5.02 Å². The van der Waals surface area contributed by atoms with E-state index < -0.39 is 0 Å². The molecular weight excluding hydrogens is 280 g/mol. The van der Waals surface area contributed by atoms with Crippen LogP contribution in [0.25, 0.3) is 0 Å². The van der Waals surface area contributed by atoms with Crippen molar-refractivity contribution in [1.29, 1.82) is 0 Å². The molecule has 0 aliphatic carbocycles. The molecule has 1 aromatic heterocycles. The van der Waals surface area contributed by atoms with Crippen LogP contribution in [-0.2, 0) is 0 Å². The highest BCUT2D eigenvalue weighted by molar-refractivity contribution is 7.12. The number of carbonyl (C=O) groups excluding carboxylic acids is 1. The van der Waals surface area contributed by atoms with Crippen molar-refractivity contribution in [3.05, 3.63) is 50.2 Å². The molecule has 0 spiro atoms. The number of hydrogen-bond donors (Lipinski definition) is 0. The van der Waals surface area contributed by atoms with E-state index in [9.17, 15) is 4.79 Å². The summed E-state index contributed by atoms with van der Waals surface area (Å²) >= 11 is 7.68. The molecule has 0 N–H and O–H groups in total. The molecule has 0 amide bonds. The van der Waals surface area contributed by atoms with E-state index >= 15 is 0 Å². The van der Waals surface area contributed by atoms with Crippen LogP contribution in [-0.4, -0.2) is 12.4 Å². The summed E-state index contributed by atoms with van der Waals surface area (Å²) in [5, 5.41) is 2.52. The van der Waals surface area contributed by atoms with Crippen molar-refractivity contribution in [2.75, 3.05) is 6.61 Å². The first-order chi connectivity index (χ1) is 9.06. The van der Waals surface area contributed by atoms with E-state index in [0.29, 0.717) is 27.8 Å². The number of ketones is 1. The molecule has 0 saturated heterocycles. The van der Waals surface area contributed by atoms with Gasteiger partial charge in [-0.2, -0.15) is 0 Å². The van der Waals surface area contributed by atoms with Crippen LogP contribution >= 0.6 is 22.9 Å². The fraction of sp³-hybridized carbons (Fsp3) is 0.267. The maximum Gasteiger partial charge on any atom is 0.206 e. The van der Waals surface area contributed by atoms with E-state index in [-0.39, 0.29) is 5.78 Å². The lowest BCUT2D eigenvalue weighted by atomic mass is 9.99. The van der Waals surface area contributed by atoms with Gasteiger partial charge in [0.1, 0.15) is 5.75 Å². The van der Waals surface area contributed by atoms with E-state index in [2.05, 4.69) is 0 Å². The summed E-state index contributed by atoms with van der Waals surface area (Å²) in [6, 6.07) is 5.51. The Balaban J connectivity index is 2.60. The molecule has 100 valence electrons. The Bertz CT molecular complexity index is 603. The van der Waals surface area contributed by atoms with Gasteiger partial charge in [-0.1, -0.05) is 17.7 Å². The summed E-state index contributed by atoms with van der Waals surface area (Å²) in [7, 11) is 0. The monoisotopic (exact) mass is 294 g/mol. The predicted octanol–water partition coefficient (Wildman–Crippen LogP) is 4.65. The Morgan fingerprint density at radius 3 is 2.74 bits per heavy atom. The Kier molecular flexibility index (Phi) is 4.27. The summed E-state index contributed by atoms with van der Waals surface area (Å²) in [6.07, 6.45) is 0. The van der Waals surface area contributed by atoms with Gasteiger partial charge in [-0.05, 0) is 49.4 Å². The first-order valence-electron chi connectivity index (χ1n) is 6.07. The fourth-order valence-electron chi connectivity index (χ4n) is 2.00. The number of ether oxygens (including phenoxy) is 1. The topological polar surface area (TPSA) is 26.3 Å². The molecule has 4 heteroatoms. The Morgan fingerprint density at radius 2 is 2.16 bits per heavy atom. The van der Waals surface area contributed by atoms with Crippen molar-refractivity contribution < 1.29 is 9.53 Å². The van der Waals surface area contributed by atoms with Gasteiger partial charge in [-0.3, -0.25) is 4.79 Å². The second kappa shape index (κ2) is 5.76. The highest BCUT2D eigenvalue weighted by atomic mass is 35.5. The Morgan fingerprint density at radius 1 is 1.42 bits per heavy atom. The van der Waals surface area contributed by atoms with Crippen LogP contribution in [0.1, 0.15) is 33.3 Å². The molecule has 2 aromatic rings. The molecule has 0 bridgehead atoms. The fourth-order valence-corrected chi connectivity index (χ4v) is 2.82. The molecule has 0 unspecified atom stereocenters. The second-order valence-electron chi connectivity index (χ2n) is 4.25. The predicted molar refractivity (Wildman–Crippen MR) is 79.8 cm³/mol. The molecule has 2 nitrogen and oxygen atoms in total. The second-order valence-corrected chi connectivity index (χ2v) is 5.57. The summed E-state index contributed by atoms with van der Waals surface area (Å²) in [5.74, 6) is 0.582. The Hall–Kier alpha value is -1.32. The van der Waals surface area contributed by atoms with Crippen molar-refractivity contribution in [2.24, 2.45) is 0 Å². The minimum absolute atomic E-state index is 0.0298. The SMILES string of the molecule is CCOc1cc(C)c(Cl)c(C)c1C(=O)c1cccs1. The van der Waals surface area contributed by atoms with Crippen LogP contribution in [0.3, 0.4) is 0 Å². The number of thiophene rings is 1. The molecule has 1 aromatic carbocycles. The van der Waals surface area contributed by atoms with E-state index in [1.807, 2.05) is 44.4 Å². The van der Waals surface area contributed by atoms with Crippen molar-refractivity contribution in [1.82, 2.24) is 0 Å². The van der Waals surface area contributed by atoms with E-state index in [4.69, 9.17) is 16.3 Å². The largest absolute Gasteiger partial charge is 0.493 e. The van der Waals surface area contributed by atoms with Crippen LogP contribution in [0.4, 0.5) is 0 Å². The number of aryl methyl sites for hydroxylation is 1. The lowest BCUT2D eigenvalue weighted by Crippen LogP contribution is -2.07. The maximum atomic E-state index is 12.6. The number of benzene rings is 1. The first kappa shape index (κ1) is 14.1. The number of carbonyl (C=O) groups is 1.